The van der Waals surface area contributed by atoms with Gasteiger partial charge >= 0.3 is 0 Å². The SMILES string of the molecule is CCOc1ccccc1CN1CCC2(CCN([S+](=O)([O-])c3cccs3)CC2)Oc2ccccc21. The number of fused-ring (bicyclic) bond motifs is 1. The van der Waals surface area contributed by atoms with Gasteiger partial charge in [0.1, 0.15) is 17.1 Å². The Hall–Kier alpha value is -2.39. The Morgan fingerprint density at radius 1 is 1.03 bits per heavy atom. The lowest BCUT2D eigenvalue weighted by atomic mass is 9.88. The molecule has 5 rings (SSSR count). The monoisotopic (exact) mass is 498 g/mol. The molecule has 6 nitrogen and oxygen atoms in total. The quantitative estimate of drug-likeness (QED) is 0.427. The van der Waals surface area contributed by atoms with E-state index in [9.17, 15) is 8.76 Å². The normalized spacial score (nSPS) is 19.6. The number of sulfonamides is 1. The zero-order valence-electron chi connectivity index (χ0n) is 19.4. The van der Waals surface area contributed by atoms with Gasteiger partial charge < -0.3 is 18.9 Å². The molecule has 0 aliphatic carbocycles. The van der Waals surface area contributed by atoms with E-state index < -0.39 is 10.4 Å². The molecule has 0 saturated carbocycles. The van der Waals surface area contributed by atoms with Gasteiger partial charge in [-0.3, -0.25) is 0 Å². The fraction of sp³-hybridized carbons (Fsp3) is 0.385. The lowest BCUT2D eigenvalue weighted by Gasteiger charge is -2.41. The van der Waals surface area contributed by atoms with Crippen molar-refractivity contribution in [2.24, 2.45) is 0 Å². The average molecular weight is 499 g/mol. The van der Waals surface area contributed by atoms with Crippen molar-refractivity contribution in [3.8, 4) is 11.5 Å². The Bertz CT molecular complexity index is 1160. The summed E-state index contributed by atoms with van der Waals surface area (Å²) in [4.78, 5) is 2.36. The minimum absolute atomic E-state index is 0.369. The average Bonchev–Trinajstić information content (AvgIpc) is 3.36. The summed E-state index contributed by atoms with van der Waals surface area (Å²) in [5, 5.41) is 1.81. The van der Waals surface area contributed by atoms with Crippen molar-refractivity contribution in [2.45, 2.75) is 42.5 Å². The Kier molecular flexibility index (Phi) is 6.66. The summed E-state index contributed by atoms with van der Waals surface area (Å²) in [5.74, 6) is 1.78. The highest BCUT2D eigenvalue weighted by atomic mass is 32.3. The molecule has 3 heterocycles. The van der Waals surface area contributed by atoms with Gasteiger partial charge in [-0.05, 0) is 36.6 Å². The third-order valence-electron chi connectivity index (χ3n) is 6.73. The molecule has 1 spiro atoms. The van der Waals surface area contributed by atoms with Gasteiger partial charge in [-0.15, -0.1) is 4.31 Å². The first-order valence-electron chi connectivity index (χ1n) is 11.8. The van der Waals surface area contributed by atoms with Crippen molar-refractivity contribution >= 4 is 27.4 Å². The maximum Gasteiger partial charge on any atom is 0.229 e. The van der Waals surface area contributed by atoms with Crippen molar-refractivity contribution in [1.29, 1.82) is 0 Å². The highest BCUT2D eigenvalue weighted by Gasteiger charge is 2.44. The van der Waals surface area contributed by atoms with E-state index in [1.165, 1.54) is 11.3 Å². The van der Waals surface area contributed by atoms with E-state index in [1.807, 2.05) is 48.7 Å². The number of anilines is 1. The minimum atomic E-state index is -3.43. The molecular weight excluding hydrogens is 468 g/mol. The van der Waals surface area contributed by atoms with Crippen LogP contribution in [0.1, 0.15) is 31.7 Å². The highest BCUT2D eigenvalue weighted by molar-refractivity contribution is 7.97. The number of ether oxygens (including phenoxy) is 2. The molecule has 8 heteroatoms. The number of piperidine rings is 1. The molecule has 1 saturated heterocycles. The van der Waals surface area contributed by atoms with Crippen LogP contribution >= 0.6 is 11.3 Å². The number of benzene rings is 2. The van der Waals surface area contributed by atoms with Crippen LogP contribution in [-0.4, -0.2) is 40.7 Å². The van der Waals surface area contributed by atoms with Crippen LogP contribution in [-0.2, 0) is 21.2 Å². The number of hydrogen-bond donors (Lipinski definition) is 0. The largest absolute Gasteiger partial charge is 0.592 e. The van der Waals surface area contributed by atoms with Crippen LogP contribution in [0.25, 0.3) is 0 Å². The molecule has 1 atom stereocenters. The molecular formula is C26H30N2O4S2. The number of nitrogens with zero attached hydrogens (tertiary/aromatic N) is 2. The number of para-hydroxylation sites is 3. The van der Waals surface area contributed by atoms with Crippen LogP contribution in [0.3, 0.4) is 0 Å². The lowest BCUT2D eigenvalue weighted by Crippen LogP contribution is -2.51. The second-order valence-corrected chi connectivity index (χ2v) is 11.9. The van der Waals surface area contributed by atoms with Crippen molar-refractivity contribution < 1.29 is 18.2 Å². The third-order valence-corrected chi connectivity index (χ3v) is 10.00. The van der Waals surface area contributed by atoms with E-state index in [2.05, 4.69) is 17.0 Å². The first-order valence-corrected chi connectivity index (χ1v) is 14.1. The Morgan fingerprint density at radius 2 is 1.76 bits per heavy atom. The van der Waals surface area contributed by atoms with E-state index in [0.717, 1.165) is 42.3 Å². The molecule has 2 aliphatic heterocycles. The summed E-state index contributed by atoms with van der Waals surface area (Å²) in [5.41, 5.74) is 1.84. The molecule has 1 fully saturated rings. The van der Waals surface area contributed by atoms with Crippen LogP contribution in [0.2, 0.25) is 0 Å². The first kappa shape index (κ1) is 23.4. The van der Waals surface area contributed by atoms with Gasteiger partial charge in [-0.1, -0.05) is 45.9 Å². The smallest absolute Gasteiger partial charge is 0.229 e. The molecule has 0 radical (unpaired) electrons. The number of rotatable bonds is 6. The summed E-state index contributed by atoms with van der Waals surface area (Å²) in [7, 11) is -3.43. The Balaban J connectivity index is 1.35. The molecule has 2 aliphatic rings. The van der Waals surface area contributed by atoms with Crippen molar-refractivity contribution in [1.82, 2.24) is 4.31 Å². The lowest BCUT2D eigenvalue weighted by molar-refractivity contribution is 0.0168. The van der Waals surface area contributed by atoms with Crippen LogP contribution < -0.4 is 14.4 Å². The van der Waals surface area contributed by atoms with Crippen LogP contribution in [0.5, 0.6) is 11.5 Å². The zero-order valence-corrected chi connectivity index (χ0v) is 21.0. The maximum absolute atomic E-state index is 13.0. The number of hydrogen-bond acceptors (Lipinski definition) is 6. The third kappa shape index (κ3) is 4.60. The topological polar surface area (TPSA) is 65.1 Å². The Morgan fingerprint density at radius 3 is 2.53 bits per heavy atom. The van der Waals surface area contributed by atoms with Crippen molar-refractivity contribution in [3.05, 3.63) is 71.6 Å². The van der Waals surface area contributed by atoms with Gasteiger partial charge in [0.05, 0.1) is 12.3 Å². The molecule has 1 unspecified atom stereocenters. The summed E-state index contributed by atoms with van der Waals surface area (Å²) in [6, 6.07) is 19.8. The second-order valence-electron chi connectivity index (χ2n) is 8.80. The van der Waals surface area contributed by atoms with Gasteiger partial charge in [-0.2, -0.15) is 0 Å². The summed E-state index contributed by atoms with van der Waals surface area (Å²) >= 11 is 1.27. The van der Waals surface area contributed by atoms with E-state index in [0.29, 0.717) is 36.7 Å². The van der Waals surface area contributed by atoms with E-state index in [1.54, 1.807) is 16.4 Å². The molecule has 3 aromatic rings. The fourth-order valence-electron chi connectivity index (χ4n) is 4.87. The second kappa shape index (κ2) is 9.70. The summed E-state index contributed by atoms with van der Waals surface area (Å²) in [6.07, 6.45) is 2.19. The van der Waals surface area contributed by atoms with Gasteiger partial charge in [0, 0.05) is 57.1 Å². The van der Waals surface area contributed by atoms with E-state index >= 15 is 0 Å². The molecule has 0 bridgehead atoms. The molecule has 180 valence electrons. The molecule has 34 heavy (non-hydrogen) atoms. The van der Waals surface area contributed by atoms with Crippen LogP contribution in [0.15, 0.2) is 70.3 Å². The zero-order chi connectivity index (χ0) is 23.6. The standard InChI is InChI=1S/C26H30N2O4S2/c1-2-31-23-10-5-3-8-21(23)20-27-16-13-26(32-24-11-6-4-9-22(24)27)14-17-28(18-15-26)34(29,30)25-12-7-19-33-25/h3-12,19H,2,13-18,20H2,1H3. The highest BCUT2D eigenvalue weighted by Crippen LogP contribution is 2.42. The van der Waals surface area contributed by atoms with Gasteiger partial charge in [0.25, 0.3) is 0 Å². The first-order chi connectivity index (χ1) is 16.5. The fourth-order valence-corrected chi connectivity index (χ4v) is 7.46. The van der Waals surface area contributed by atoms with E-state index in [4.69, 9.17) is 9.47 Å². The minimum Gasteiger partial charge on any atom is -0.592 e. The van der Waals surface area contributed by atoms with Crippen molar-refractivity contribution in [2.75, 3.05) is 31.1 Å². The molecule has 0 N–H and O–H groups in total. The van der Waals surface area contributed by atoms with Crippen LogP contribution in [0, 0.1) is 0 Å². The number of thiophene rings is 1. The summed E-state index contributed by atoms with van der Waals surface area (Å²) < 4.78 is 40.6. The predicted octanol–water partition coefficient (Wildman–Crippen LogP) is 5.37. The molecule has 1 aromatic heterocycles. The Labute approximate surface area is 206 Å². The van der Waals surface area contributed by atoms with Crippen LogP contribution in [0.4, 0.5) is 5.69 Å². The molecule has 0 amide bonds. The van der Waals surface area contributed by atoms with Gasteiger partial charge in [0.15, 0.2) is 10.4 Å². The van der Waals surface area contributed by atoms with Crippen molar-refractivity contribution in [3.63, 3.8) is 0 Å². The van der Waals surface area contributed by atoms with E-state index in [-0.39, 0.29) is 5.60 Å². The van der Waals surface area contributed by atoms with Gasteiger partial charge in [-0.25, -0.2) is 0 Å². The predicted molar refractivity (Wildman–Crippen MR) is 135 cm³/mol. The van der Waals surface area contributed by atoms with Gasteiger partial charge in [0.2, 0.25) is 4.21 Å². The summed E-state index contributed by atoms with van der Waals surface area (Å²) in [6.45, 7) is 5.12. The maximum atomic E-state index is 13.0. The molecule has 2 aromatic carbocycles.